The summed E-state index contributed by atoms with van der Waals surface area (Å²) in [6.07, 6.45) is 1.05. The van der Waals surface area contributed by atoms with Crippen LogP contribution in [0.3, 0.4) is 0 Å². The topological polar surface area (TPSA) is 39.7 Å². The Morgan fingerprint density at radius 3 is 3.06 bits per heavy atom. The van der Waals surface area contributed by atoms with Crippen molar-refractivity contribution < 1.29 is 14.2 Å². The first-order chi connectivity index (χ1) is 8.38. The largest absolute Gasteiger partial charge is 0.497 e. The second-order valence-electron chi connectivity index (χ2n) is 4.39. The molecule has 1 aromatic carbocycles. The van der Waals surface area contributed by atoms with Crippen LogP contribution in [0.25, 0.3) is 0 Å². The van der Waals surface area contributed by atoms with Crippen molar-refractivity contribution in [2.24, 2.45) is 0 Å². The van der Waals surface area contributed by atoms with E-state index >= 15 is 0 Å². The highest BCUT2D eigenvalue weighted by Gasteiger charge is 2.32. The zero-order valence-corrected chi connectivity index (χ0v) is 11.2. The lowest BCUT2D eigenvalue weighted by Crippen LogP contribution is -2.43. The fraction of sp³-hybridized carbons (Fsp3) is 0.538. The first-order valence-electron chi connectivity index (χ1n) is 6.04. The molecule has 0 bridgehead atoms. The smallest absolute Gasteiger partial charge is 0.125 e. The summed E-state index contributed by atoms with van der Waals surface area (Å²) < 4.78 is 16.9. The molecule has 2 heterocycles. The third kappa shape index (κ3) is 2.41. The standard InChI is InChI=1S/C13H17NO3.ClH/c1-15-9-2-3-12-10(8-9)13-11(4-6-16-12)14-5-7-17-13;/h2-3,8,11,13-14H,4-7H2,1H3;1H/t11-,13-;/m0./s1. The van der Waals surface area contributed by atoms with Crippen molar-refractivity contribution in [3.63, 3.8) is 0 Å². The lowest BCUT2D eigenvalue weighted by molar-refractivity contribution is -0.00593. The van der Waals surface area contributed by atoms with Gasteiger partial charge in [-0.25, -0.2) is 0 Å². The van der Waals surface area contributed by atoms with E-state index in [1.807, 2.05) is 18.2 Å². The Hall–Kier alpha value is -0.970. The van der Waals surface area contributed by atoms with Gasteiger partial charge in [-0.1, -0.05) is 0 Å². The molecule has 1 N–H and O–H groups in total. The van der Waals surface area contributed by atoms with E-state index in [4.69, 9.17) is 14.2 Å². The summed E-state index contributed by atoms with van der Waals surface area (Å²) in [7, 11) is 1.68. The number of halogens is 1. The highest BCUT2D eigenvalue weighted by Crippen LogP contribution is 2.37. The van der Waals surface area contributed by atoms with Gasteiger partial charge >= 0.3 is 0 Å². The van der Waals surface area contributed by atoms with Crippen LogP contribution in [0.2, 0.25) is 0 Å². The minimum absolute atomic E-state index is 0. The Morgan fingerprint density at radius 1 is 1.33 bits per heavy atom. The lowest BCUT2D eigenvalue weighted by Gasteiger charge is -2.31. The van der Waals surface area contributed by atoms with Crippen molar-refractivity contribution >= 4 is 12.4 Å². The molecule has 2 aliphatic rings. The lowest BCUT2D eigenvalue weighted by atomic mass is 9.98. The molecule has 0 radical (unpaired) electrons. The van der Waals surface area contributed by atoms with Gasteiger partial charge in [0.25, 0.3) is 0 Å². The minimum Gasteiger partial charge on any atom is -0.497 e. The van der Waals surface area contributed by atoms with E-state index in [-0.39, 0.29) is 18.5 Å². The van der Waals surface area contributed by atoms with Crippen LogP contribution < -0.4 is 14.8 Å². The van der Waals surface area contributed by atoms with Crippen molar-refractivity contribution in [1.29, 1.82) is 0 Å². The van der Waals surface area contributed by atoms with Gasteiger partial charge in [-0.2, -0.15) is 0 Å². The molecule has 0 amide bonds. The number of benzene rings is 1. The van der Waals surface area contributed by atoms with E-state index in [0.717, 1.165) is 43.2 Å². The highest BCUT2D eigenvalue weighted by atomic mass is 35.5. The Balaban J connectivity index is 0.00000120. The molecule has 2 atom stereocenters. The van der Waals surface area contributed by atoms with E-state index in [0.29, 0.717) is 6.04 Å². The van der Waals surface area contributed by atoms with Crippen molar-refractivity contribution in [3.8, 4) is 11.5 Å². The molecular formula is C13H18ClNO3. The van der Waals surface area contributed by atoms with Crippen LogP contribution >= 0.6 is 12.4 Å². The van der Waals surface area contributed by atoms with Crippen LogP contribution in [0.1, 0.15) is 18.1 Å². The molecule has 4 nitrogen and oxygen atoms in total. The zero-order valence-electron chi connectivity index (χ0n) is 10.3. The average Bonchev–Trinajstić information content (AvgIpc) is 2.57. The van der Waals surface area contributed by atoms with E-state index in [1.165, 1.54) is 0 Å². The molecule has 0 aliphatic carbocycles. The van der Waals surface area contributed by atoms with Gasteiger partial charge in [0.1, 0.15) is 17.6 Å². The maximum absolute atomic E-state index is 5.89. The van der Waals surface area contributed by atoms with Crippen LogP contribution in [-0.2, 0) is 4.74 Å². The number of hydrogen-bond donors (Lipinski definition) is 1. The summed E-state index contributed by atoms with van der Waals surface area (Å²) in [4.78, 5) is 0. The van der Waals surface area contributed by atoms with Crippen LogP contribution in [0, 0.1) is 0 Å². The van der Waals surface area contributed by atoms with E-state index in [1.54, 1.807) is 7.11 Å². The maximum atomic E-state index is 5.89. The van der Waals surface area contributed by atoms with Crippen molar-refractivity contribution in [2.75, 3.05) is 26.9 Å². The van der Waals surface area contributed by atoms with Gasteiger partial charge in [0.2, 0.25) is 0 Å². The monoisotopic (exact) mass is 271 g/mol. The number of nitrogens with one attached hydrogen (secondary N) is 1. The number of ether oxygens (including phenoxy) is 3. The molecule has 0 unspecified atom stereocenters. The van der Waals surface area contributed by atoms with Gasteiger partial charge in [-0.3, -0.25) is 0 Å². The Kier molecular flexibility index (Phi) is 4.32. The molecule has 0 aromatic heterocycles. The number of hydrogen-bond acceptors (Lipinski definition) is 4. The van der Waals surface area contributed by atoms with Crippen molar-refractivity contribution in [1.82, 2.24) is 5.32 Å². The summed E-state index contributed by atoms with van der Waals surface area (Å²) in [5.74, 6) is 1.77. The Labute approximate surface area is 113 Å². The zero-order chi connectivity index (χ0) is 11.7. The van der Waals surface area contributed by atoms with Gasteiger partial charge in [-0.15, -0.1) is 12.4 Å². The van der Waals surface area contributed by atoms with Gasteiger partial charge in [0, 0.05) is 18.2 Å². The van der Waals surface area contributed by atoms with Crippen molar-refractivity contribution in [2.45, 2.75) is 18.6 Å². The quantitative estimate of drug-likeness (QED) is 0.847. The first kappa shape index (κ1) is 13.5. The Bertz CT molecular complexity index is 413. The second-order valence-corrected chi connectivity index (χ2v) is 4.39. The molecule has 0 spiro atoms. The third-order valence-electron chi connectivity index (χ3n) is 3.38. The summed E-state index contributed by atoms with van der Waals surface area (Å²) in [5.41, 5.74) is 1.10. The van der Waals surface area contributed by atoms with Gasteiger partial charge < -0.3 is 19.5 Å². The van der Waals surface area contributed by atoms with E-state index in [9.17, 15) is 0 Å². The molecule has 2 aliphatic heterocycles. The average molecular weight is 272 g/mol. The normalized spacial score (nSPS) is 25.8. The van der Waals surface area contributed by atoms with Crippen LogP contribution in [0.5, 0.6) is 11.5 Å². The molecule has 18 heavy (non-hydrogen) atoms. The minimum atomic E-state index is 0. The first-order valence-corrected chi connectivity index (χ1v) is 6.04. The molecular weight excluding hydrogens is 254 g/mol. The molecule has 1 fully saturated rings. The van der Waals surface area contributed by atoms with Crippen molar-refractivity contribution in [3.05, 3.63) is 23.8 Å². The fourth-order valence-corrected chi connectivity index (χ4v) is 2.52. The van der Waals surface area contributed by atoms with Gasteiger partial charge in [0.15, 0.2) is 0 Å². The molecule has 5 heteroatoms. The maximum Gasteiger partial charge on any atom is 0.125 e. The SMILES string of the molecule is COc1ccc2c(c1)[C@@H]1OCCN[C@H]1CCO2.Cl. The second kappa shape index (κ2) is 5.78. The van der Waals surface area contributed by atoms with Gasteiger partial charge in [-0.05, 0) is 24.6 Å². The molecule has 0 saturated carbocycles. The van der Waals surface area contributed by atoms with Crippen LogP contribution in [0.4, 0.5) is 0 Å². The molecule has 100 valence electrons. The van der Waals surface area contributed by atoms with Crippen LogP contribution in [0.15, 0.2) is 18.2 Å². The summed E-state index contributed by atoms with van der Waals surface area (Å²) in [5, 5.41) is 3.49. The highest BCUT2D eigenvalue weighted by molar-refractivity contribution is 5.85. The molecule has 3 rings (SSSR count). The Morgan fingerprint density at radius 2 is 2.22 bits per heavy atom. The molecule has 1 aromatic rings. The summed E-state index contributed by atoms with van der Waals surface area (Å²) in [6.45, 7) is 2.40. The fourth-order valence-electron chi connectivity index (χ4n) is 2.52. The number of methoxy groups -OCH3 is 1. The van der Waals surface area contributed by atoms with Crippen LogP contribution in [-0.4, -0.2) is 32.9 Å². The third-order valence-corrected chi connectivity index (χ3v) is 3.38. The predicted molar refractivity (Wildman–Crippen MR) is 70.8 cm³/mol. The predicted octanol–water partition coefficient (Wildman–Crippen LogP) is 1.93. The number of fused-ring (bicyclic) bond motifs is 3. The van der Waals surface area contributed by atoms with E-state index in [2.05, 4.69) is 5.32 Å². The summed E-state index contributed by atoms with van der Waals surface area (Å²) >= 11 is 0. The molecule has 1 saturated heterocycles. The number of morpholine rings is 1. The summed E-state index contributed by atoms with van der Waals surface area (Å²) in [6, 6.07) is 6.26. The number of rotatable bonds is 1. The van der Waals surface area contributed by atoms with E-state index < -0.39 is 0 Å². The van der Waals surface area contributed by atoms with Gasteiger partial charge in [0.05, 0.1) is 20.3 Å².